The fraction of sp³-hybridized carbons (Fsp3) is 0.571. The summed E-state index contributed by atoms with van der Waals surface area (Å²) in [5, 5.41) is 3.52. The van der Waals surface area contributed by atoms with Crippen molar-refractivity contribution in [1.82, 2.24) is 19.5 Å². The van der Waals surface area contributed by atoms with Crippen LogP contribution in [0.4, 0.5) is 16.3 Å². The van der Waals surface area contributed by atoms with Crippen molar-refractivity contribution in [3.8, 4) is 5.75 Å². The second-order valence-corrected chi connectivity index (χ2v) is 10.5. The molecule has 1 fully saturated rings. The molecule has 11 heteroatoms. The maximum atomic E-state index is 12.4. The average Bonchev–Trinajstić information content (AvgIpc) is 3.29. The molecule has 10 nitrogen and oxygen atoms in total. The van der Waals surface area contributed by atoms with Crippen LogP contribution in [0.25, 0.3) is 11.2 Å². The van der Waals surface area contributed by atoms with Gasteiger partial charge in [0, 0.05) is 32.3 Å². The van der Waals surface area contributed by atoms with Gasteiger partial charge in [-0.1, -0.05) is 57.4 Å². The van der Waals surface area contributed by atoms with E-state index in [-0.39, 0.29) is 0 Å². The van der Waals surface area contributed by atoms with Gasteiger partial charge in [-0.3, -0.25) is 5.32 Å². The molecule has 1 aliphatic heterocycles. The molecule has 0 saturated carbocycles. The summed E-state index contributed by atoms with van der Waals surface area (Å²) in [6, 6.07) is 5.75. The van der Waals surface area contributed by atoms with Gasteiger partial charge < -0.3 is 23.7 Å². The van der Waals surface area contributed by atoms with E-state index in [2.05, 4.69) is 28.6 Å². The van der Waals surface area contributed by atoms with Crippen LogP contribution in [0.3, 0.4) is 0 Å². The highest BCUT2D eigenvalue weighted by Crippen LogP contribution is 2.32. The Labute approximate surface area is 234 Å². The lowest BCUT2D eigenvalue weighted by molar-refractivity contribution is 0.122. The van der Waals surface area contributed by atoms with Crippen LogP contribution in [0.1, 0.15) is 57.3 Å². The van der Waals surface area contributed by atoms with Gasteiger partial charge in [0.05, 0.1) is 32.6 Å². The van der Waals surface area contributed by atoms with Gasteiger partial charge in [0.25, 0.3) is 0 Å². The van der Waals surface area contributed by atoms with Crippen LogP contribution in [-0.2, 0) is 28.7 Å². The normalized spacial score (nSPS) is 13.6. The van der Waals surface area contributed by atoms with Crippen molar-refractivity contribution in [3.63, 3.8) is 0 Å². The number of fused-ring (bicyclic) bond motifs is 1. The molecule has 1 amide bonds. The topological polar surface area (TPSA) is 104 Å². The summed E-state index contributed by atoms with van der Waals surface area (Å²) in [7, 11) is 3.59. The number of methoxy groups -OCH3 is 1. The number of nitrogens with zero attached hydrogens (tertiary/aromatic N) is 5. The molecule has 1 aromatic carbocycles. The highest BCUT2D eigenvalue weighted by atomic mass is 32.2. The number of nitrogens with one attached hydrogen (secondary N) is 1. The van der Waals surface area contributed by atoms with Crippen LogP contribution in [0, 0.1) is 0 Å². The van der Waals surface area contributed by atoms with E-state index in [0.717, 1.165) is 60.7 Å². The van der Waals surface area contributed by atoms with Gasteiger partial charge in [-0.2, -0.15) is 0 Å². The number of rotatable bonds is 13. The molecule has 1 aliphatic rings. The number of amides is 1. The van der Waals surface area contributed by atoms with Crippen LogP contribution >= 0.6 is 11.8 Å². The molecule has 4 rings (SSSR count). The van der Waals surface area contributed by atoms with Gasteiger partial charge in [0.2, 0.25) is 0 Å². The maximum absolute atomic E-state index is 12.4. The Kier molecular flexibility index (Phi) is 10.7. The standard InChI is InChI=1S/C28H40N6O4S/c1-5-7-8-9-10-15-38-28(35)29-21-18-20(11-12-22(21)36-4)19-39-27-31-25-24(30-23(6-2)33(25)3)26(32-27)34-13-16-37-17-14-34/h11-12,18H,5-10,13-17,19H2,1-4H3,(H,29,35). The van der Waals surface area contributed by atoms with E-state index in [4.69, 9.17) is 29.2 Å². The third-order valence-corrected chi connectivity index (χ3v) is 7.67. The zero-order valence-corrected chi connectivity index (χ0v) is 24.3. The van der Waals surface area contributed by atoms with Crippen molar-refractivity contribution < 1.29 is 19.0 Å². The van der Waals surface area contributed by atoms with Crippen molar-refractivity contribution >= 4 is 40.5 Å². The second kappa shape index (κ2) is 14.4. The number of ether oxygens (including phenoxy) is 3. The monoisotopic (exact) mass is 556 g/mol. The van der Waals surface area contributed by atoms with E-state index >= 15 is 0 Å². The number of thioether (sulfide) groups is 1. The summed E-state index contributed by atoms with van der Waals surface area (Å²) in [4.78, 5) is 29.3. The van der Waals surface area contributed by atoms with E-state index in [1.807, 2.05) is 25.2 Å². The van der Waals surface area contributed by atoms with Crippen LogP contribution < -0.4 is 15.0 Å². The molecular formula is C28H40N6O4S. The minimum Gasteiger partial charge on any atom is -0.495 e. The van der Waals surface area contributed by atoms with Crippen LogP contribution in [0.15, 0.2) is 23.4 Å². The Balaban J connectivity index is 1.46. The van der Waals surface area contributed by atoms with Gasteiger partial charge in [-0.05, 0) is 24.1 Å². The molecule has 0 radical (unpaired) electrons. The van der Waals surface area contributed by atoms with Gasteiger partial charge in [0.1, 0.15) is 11.6 Å². The molecule has 3 aromatic rings. The summed E-state index contributed by atoms with van der Waals surface area (Å²) in [6.45, 7) is 7.58. The molecule has 1 N–H and O–H groups in total. The third-order valence-electron chi connectivity index (χ3n) is 6.75. The summed E-state index contributed by atoms with van der Waals surface area (Å²) in [5.41, 5.74) is 3.25. The van der Waals surface area contributed by atoms with Crippen LogP contribution in [0.5, 0.6) is 5.75 Å². The van der Waals surface area contributed by atoms with Gasteiger partial charge in [-0.25, -0.2) is 19.7 Å². The lowest BCUT2D eigenvalue weighted by atomic mass is 10.2. The maximum Gasteiger partial charge on any atom is 0.411 e. The molecule has 3 heterocycles. The number of hydrogen-bond acceptors (Lipinski definition) is 9. The largest absolute Gasteiger partial charge is 0.495 e. The van der Waals surface area contributed by atoms with E-state index in [1.54, 1.807) is 18.9 Å². The van der Waals surface area contributed by atoms with Gasteiger partial charge in [-0.15, -0.1) is 0 Å². The minimum absolute atomic E-state index is 0.409. The number of carbonyl (C=O) groups excluding carboxylic acids is 1. The number of imidazole rings is 1. The van der Waals surface area contributed by atoms with Crippen LogP contribution in [0.2, 0.25) is 0 Å². The molecule has 212 valence electrons. The molecule has 39 heavy (non-hydrogen) atoms. The summed E-state index contributed by atoms with van der Waals surface area (Å²) in [6.07, 6.45) is 5.85. The van der Waals surface area contributed by atoms with Gasteiger partial charge in [0.15, 0.2) is 22.1 Å². The highest BCUT2D eigenvalue weighted by Gasteiger charge is 2.22. The summed E-state index contributed by atoms with van der Waals surface area (Å²) < 4.78 is 18.4. The molecule has 1 saturated heterocycles. The second-order valence-electron chi connectivity index (χ2n) is 9.54. The predicted octanol–water partition coefficient (Wildman–Crippen LogP) is 5.58. The number of benzene rings is 1. The molecule has 0 bridgehead atoms. The molecule has 2 aromatic heterocycles. The average molecular weight is 557 g/mol. The first-order valence-electron chi connectivity index (χ1n) is 13.8. The Hall–Kier alpha value is -3.05. The summed E-state index contributed by atoms with van der Waals surface area (Å²) in [5.74, 6) is 3.04. The summed E-state index contributed by atoms with van der Waals surface area (Å²) >= 11 is 1.55. The third kappa shape index (κ3) is 7.54. The van der Waals surface area contributed by atoms with Crippen molar-refractivity contribution in [2.45, 2.75) is 63.3 Å². The Bertz CT molecular complexity index is 1240. The Morgan fingerprint density at radius 2 is 1.90 bits per heavy atom. The number of aryl methyl sites for hydroxylation is 2. The fourth-order valence-electron chi connectivity index (χ4n) is 4.56. The molecule has 0 spiro atoms. The number of hydrogen-bond donors (Lipinski definition) is 1. The van der Waals surface area contributed by atoms with E-state index < -0.39 is 6.09 Å². The highest BCUT2D eigenvalue weighted by molar-refractivity contribution is 7.98. The van der Waals surface area contributed by atoms with E-state index in [0.29, 0.717) is 42.2 Å². The van der Waals surface area contributed by atoms with Crippen LogP contribution in [-0.4, -0.2) is 65.6 Å². The molecule has 0 atom stereocenters. The number of morpholine rings is 1. The van der Waals surface area contributed by atoms with Crippen molar-refractivity contribution in [2.75, 3.05) is 50.2 Å². The molecule has 0 unspecified atom stereocenters. The number of carbonyl (C=O) groups is 1. The minimum atomic E-state index is -0.472. The van der Waals surface area contributed by atoms with E-state index in [9.17, 15) is 4.79 Å². The number of anilines is 2. The predicted molar refractivity (Wildman–Crippen MR) is 155 cm³/mol. The molecular weight excluding hydrogens is 516 g/mol. The SMILES string of the molecule is CCCCCCCOC(=O)Nc1cc(CSc2nc(N3CCOCC3)c3nc(CC)n(C)c3n2)ccc1OC. The van der Waals surface area contributed by atoms with Gasteiger partial charge >= 0.3 is 6.09 Å². The number of aromatic nitrogens is 4. The first-order valence-corrected chi connectivity index (χ1v) is 14.8. The zero-order valence-electron chi connectivity index (χ0n) is 23.5. The van der Waals surface area contributed by atoms with Crippen molar-refractivity contribution in [2.24, 2.45) is 7.05 Å². The Morgan fingerprint density at radius 3 is 2.64 bits per heavy atom. The lowest BCUT2D eigenvalue weighted by Crippen LogP contribution is -2.37. The fourth-order valence-corrected chi connectivity index (χ4v) is 5.33. The first-order chi connectivity index (χ1) is 19.0. The first kappa shape index (κ1) is 28.9. The zero-order chi connectivity index (χ0) is 27.6. The van der Waals surface area contributed by atoms with E-state index in [1.165, 1.54) is 19.3 Å². The van der Waals surface area contributed by atoms with Crippen molar-refractivity contribution in [3.05, 3.63) is 29.6 Å². The lowest BCUT2D eigenvalue weighted by Gasteiger charge is -2.28. The smallest absolute Gasteiger partial charge is 0.411 e. The Morgan fingerprint density at radius 1 is 1.10 bits per heavy atom. The quantitative estimate of drug-likeness (QED) is 0.164. The number of unbranched alkanes of at least 4 members (excludes halogenated alkanes) is 4. The van der Waals surface area contributed by atoms with Crippen molar-refractivity contribution in [1.29, 1.82) is 0 Å². The molecule has 0 aliphatic carbocycles.